The Morgan fingerprint density at radius 1 is 1.06 bits per heavy atom. The Labute approximate surface area is 94.2 Å². The SMILES string of the molecule is CC(Nc1cccc(F)n1)c1ccccc1. The molecule has 82 valence electrons. The van der Waals surface area contributed by atoms with E-state index >= 15 is 0 Å². The van der Waals surface area contributed by atoms with Gasteiger partial charge in [0.1, 0.15) is 5.82 Å². The van der Waals surface area contributed by atoms with E-state index in [1.165, 1.54) is 6.07 Å². The molecule has 0 bridgehead atoms. The first-order valence-electron chi connectivity index (χ1n) is 5.20. The summed E-state index contributed by atoms with van der Waals surface area (Å²) in [7, 11) is 0. The van der Waals surface area contributed by atoms with Gasteiger partial charge in [-0.3, -0.25) is 0 Å². The van der Waals surface area contributed by atoms with E-state index < -0.39 is 5.95 Å². The molecule has 0 aliphatic carbocycles. The summed E-state index contributed by atoms with van der Waals surface area (Å²) in [5.74, 6) is 0.0848. The van der Waals surface area contributed by atoms with E-state index in [2.05, 4.69) is 10.3 Å². The minimum atomic E-state index is -0.467. The summed E-state index contributed by atoms with van der Waals surface area (Å²) in [6.45, 7) is 2.02. The maximum atomic E-state index is 12.9. The molecule has 2 nitrogen and oxygen atoms in total. The lowest BCUT2D eigenvalue weighted by molar-refractivity contribution is 0.584. The summed E-state index contributed by atoms with van der Waals surface area (Å²) in [5.41, 5.74) is 1.15. The summed E-state index contributed by atoms with van der Waals surface area (Å²) < 4.78 is 12.9. The van der Waals surface area contributed by atoms with Crippen molar-refractivity contribution in [3.63, 3.8) is 0 Å². The number of nitrogens with zero attached hydrogens (tertiary/aromatic N) is 1. The summed E-state index contributed by atoms with van der Waals surface area (Å²) in [6.07, 6.45) is 0. The third-order valence-electron chi connectivity index (χ3n) is 2.38. The molecule has 0 saturated heterocycles. The van der Waals surface area contributed by atoms with Gasteiger partial charge in [-0.25, -0.2) is 4.98 Å². The quantitative estimate of drug-likeness (QED) is 0.795. The molecule has 16 heavy (non-hydrogen) atoms. The van der Waals surface area contributed by atoms with Gasteiger partial charge in [0, 0.05) is 6.04 Å². The first-order valence-corrected chi connectivity index (χ1v) is 5.20. The van der Waals surface area contributed by atoms with Crippen LogP contribution in [0.25, 0.3) is 0 Å². The van der Waals surface area contributed by atoms with Crippen molar-refractivity contribution < 1.29 is 4.39 Å². The molecule has 1 aromatic heterocycles. The van der Waals surface area contributed by atoms with Crippen LogP contribution >= 0.6 is 0 Å². The molecular weight excluding hydrogens is 203 g/mol. The zero-order chi connectivity index (χ0) is 11.4. The topological polar surface area (TPSA) is 24.9 Å². The summed E-state index contributed by atoms with van der Waals surface area (Å²) in [4.78, 5) is 3.76. The standard InChI is InChI=1S/C13H13FN2/c1-10(11-6-3-2-4-7-11)15-13-9-5-8-12(14)16-13/h2-10H,1H3,(H,15,16). The highest BCUT2D eigenvalue weighted by atomic mass is 19.1. The fraction of sp³-hybridized carbons (Fsp3) is 0.154. The van der Waals surface area contributed by atoms with Crippen LogP contribution in [-0.2, 0) is 0 Å². The van der Waals surface area contributed by atoms with Gasteiger partial charge in [0.15, 0.2) is 0 Å². The van der Waals surface area contributed by atoms with Gasteiger partial charge in [-0.15, -0.1) is 0 Å². The smallest absolute Gasteiger partial charge is 0.214 e. The molecule has 2 aromatic rings. The molecule has 1 aromatic carbocycles. The van der Waals surface area contributed by atoms with Crippen molar-refractivity contribution in [3.8, 4) is 0 Å². The fourth-order valence-corrected chi connectivity index (χ4v) is 1.54. The Kier molecular flexibility index (Phi) is 3.15. The highest BCUT2D eigenvalue weighted by Crippen LogP contribution is 2.17. The van der Waals surface area contributed by atoms with Crippen molar-refractivity contribution in [1.82, 2.24) is 4.98 Å². The monoisotopic (exact) mass is 216 g/mol. The molecule has 0 aliphatic rings. The van der Waals surface area contributed by atoms with Crippen molar-refractivity contribution >= 4 is 5.82 Å². The number of halogens is 1. The van der Waals surface area contributed by atoms with Crippen LogP contribution in [0.5, 0.6) is 0 Å². The van der Waals surface area contributed by atoms with E-state index in [1.807, 2.05) is 37.3 Å². The molecule has 0 aliphatic heterocycles. The Balaban J connectivity index is 2.11. The van der Waals surface area contributed by atoms with Gasteiger partial charge >= 0.3 is 0 Å². The second-order valence-corrected chi connectivity index (χ2v) is 3.62. The van der Waals surface area contributed by atoms with Gasteiger partial charge in [-0.05, 0) is 24.6 Å². The number of rotatable bonds is 3. The molecule has 1 N–H and O–H groups in total. The van der Waals surface area contributed by atoms with E-state index in [1.54, 1.807) is 12.1 Å². The Hall–Kier alpha value is -1.90. The molecule has 1 atom stereocenters. The van der Waals surface area contributed by atoms with Crippen LogP contribution in [0.3, 0.4) is 0 Å². The van der Waals surface area contributed by atoms with E-state index in [9.17, 15) is 4.39 Å². The minimum absolute atomic E-state index is 0.107. The Bertz CT molecular complexity index is 456. The predicted octanol–water partition coefficient (Wildman–Crippen LogP) is 3.39. The molecule has 1 heterocycles. The normalized spacial score (nSPS) is 12.1. The van der Waals surface area contributed by atoms with Gasteiger partial charge in [-0.2, -0.15) is 4.39 Å². The van der Waals surface area contributed by atoms with Gasteiger partial charge in [0.05, 0.1) is 0 Å². The number of pyridine rings is 1. The molecule has 1 unspecified atom stereocenters. The van der Waals surface area contributed by atoms with E-state index in [0.717, 1.165) is 5.56 Å². The van der Waals surface area contributed by atoms with Crippen molar-refractivity contribution in [2.75, 3.05) is 5.32 Å². The van der Waals surface area contributed by atoms with Crippen molar-refractivity contribution in [2.45, 2.75) is 13.0 Å². The van der Waals surface area contributed by atoms with Crippen molar-refractivity contribution in [1.29, 1.82) is 0 Å². The van der Waals surface area contributed by atoms with Crippen molar-refractivity contribution in [3.05, 3.63) is 60.0 Å². The van der Waals surface area contributed by atoms with Gasteiger partial charge in [-0.1, -0.05) is 36.4 Å². The first kappa shape index (κ1) is 10.6. The van der Waals surface area contributed by atoms with Crippen LogP contribution in [0.2, 0.25) is 0 Å². The zero-order valence-corrected chi connectivity index (χ0v) is 9.02. The maximum absolute atomic E-state index is 12.9. The van der Waals surface area contributed by atoms with Crippen LogP contribution in [0.4, 0.5) is 10.2 Å². The third kappa shape index (κ3) is 2.57. The highest BCUT2D eigenvalue weighted by molar-refractivity contribution is 5.37. The second kappa shape index (κ2) is 4.75. The molecule has 0 spiro atoms. The molecule has 0 saturated carbocycles. The third-order valence-corrected chi connectivity index (χ3v) is 2.38. The number of benzene rings is 1. The largest absolute Gasteiger partial charge is 0.363 e. The molecular formula is C13H13FN2. The summed E-state index contributed by atoms with van der Waals surface area (Å²) in [6, 6.07) is 14.8. The lowest BCUT2D eigenvalue weighted by Crippen LogP contribution is -2.07. The second-order valence-electron chi connectivity index (χ2n) is 3.62. The lowest BCUT2D eigenvalue weighted by Gasteiger charge is -2.14. The van der Waals surface area contributed by atoms with Crippen LogP contribution in [0, 0.1) is 5.95 Å². The van der Waals surface area contributed by atoms with Crippen LogP contribution in [-0.4, -0.2) is 4.98 Å². The van der Waals surface area contributed by atoms with Gasteiger partial charge < -0.3 is 5.32 Å². The fourth-order valence-electron chi connectivity index (χ4n) is 1.54. The summed E-state index contributed by atoms with van der Waals surface area (Å²) in [5, 5.41) is 3.15. The number of nitrogens with one attached hydrogen (secondary N) is 1. The maximum Gasteiger partial charge on any atom is 0.214 e. The van der Waals surface area contributed by atoms with Crippen LogP contribution in [0.1, 0.15) is 18.5 Å². The molecule has 2 rings (SSSR count). The minimum Gasteiger partial charge on any atom is -0.363 e. The average molecular weight is 216 g/mol. The molecule has 0 radical (unpaired) electrons. The van der Waals surface area contributed by atoms with Crippen molar-refractivity contribution in [2.24, 2.45) is 0 Å². The first-order chi connectivity index (χ1) is 7.75. The van der Waals surface area contributed by atoms with Gasteiger partial charge in [0.25, 0.3) is 0 Å². The summed E-state index contributed by atoms with van der Waals surface area (Å²) >= 11 is 0. The Morgan fingerprint density at radius 3 is 2.50 bits per heavy atom. The lowest BCUT2D eigenvalue weighted by atomic mass is 10.1. The number of hydrogen-bond acceptors (Lipinski definition) is 2. The van der Waals surface area contributed by atoms with E-state index in [4.69, 9.17) is 0 Å². The van der Waals surface area contributed by atoms with Gasteiger partial charge in [0.2, 0.25) is 5.95 Å². The average Bonchev–Trinajstić information content (AvgIpc) is 2.30. The van der Waals surface area contributed by atoms with E-state index in [-0.39, 0.29) is 6.04 Å². The highest BCUT2D eigenvalue weighted by Gasteiger charge is 2.05. The molecule has 0 fully saturated rings. The number of hydrogen-bond donors (Lipinski definition) is 1. The number of anilines is 1. The van der Waals surface area contributed by atoms with E-state index in [0.29, 0.717) is 5.82 Å². The Morgan fingerprint density at radius 2 is 1.81 bits per heavy atom. The zero-order valence-electron chi connectivity index (χ0n) is 9.02. The van der Waals surface area contributed by atoms with Crippen LogP contribution in [0.15, 0.2) is 48.5 Å². The number of aromatic nitrogens is 1. The predicted molar refractivity (Wildman–Crippen MR) is 62.7 cm³/mol. The van der Waals surface area contributed by atoms with Crippen LogP contribution < -0.4 is 5.32 Å². The molecule has 0 amide bonds. The molecule has 3 heteroatoms.